The van der Waals surface area contributed by atoms with E-state index in [0.717, 1.165) is 36.2 Å². The lowest BCUT2D eigenvalue weighted by molar-refractivity contribution is 0.226. The summed E-state index contributed by atoms with van der Waals surface area (Å²) in [7, 11) is 2.20. The first-order valence-corrected chi connectivity index (χ1v) is 8.46. The summed E-state index contributed by atoms with van der Waals surface area (Å²) in [5, 5.41) is 1.03. The van der Waals surface area contributed by atoms with Gasteiger partial charge in [0.15, 0.2) is 0 Å². The van der Waals surface area contributed by atoms with E-state index < -0.39 is 0 Å². The van der Waals surface area contributed by atoms with Crippen LogP contribution < -0.4 is 4.74 Å². The van der Waals surface area contributed by atoms with Crippen LogP contribution in [0.5, 0.6) is 5.75 Å². The van der Waals surface area contributed by atoms with Gasteiger partial charge in [-0.05, 0) is 50.1 Å². The highest BCUT2D eigenvalue weighted by Gasteiger charge is 2.24. The minimum absolute atomic E-state index is 0.520. The normalized spacial score (nSPS) is 17.8. The molecular weight excluding hydrogens is 314 g/mol. The van der Waals surface area contributed by atoms with E-state index >= 15 is 0 Å². The number of hydrogen-bond donors (Lipinski definition) is 0. The summed E-state index contributed by atoms with van der Waals surface area (Å²) in [4.78, 5) is 2.43. The maximum absolute atomic E-state index is 5.59. The summed E-state index contributed by atoms with van der Waals surface area (Å²) in [5.74, 6) is 1.64. The van der Waals surface area contributed by atoms with Gasteiger partial charge in [0.2, 0.25) is 0 Å². The number of nitrogens with zero attached hydrogens (tertiary/aromatic N) is 1. The van der Waals surface area contributed by atoms with E-state index in [2.05, 4.69) is 46.6 Å². The average Bonchev–Trinajstić information content (AvgIpc) is 2.44. The zero-order valence-corrected chi connectivity index (χ0v) is 14.7. The molecule has 1 aliphatic heterocycles. The van der Waals surface area contributed by atoms with E-state index in [1.807, 2.05) is 26.8 Å². The van der Waals surface area contributed by atoms with Gasteiger partial charge in [-0.2, -0.15) is 0 Å². The Bertz CT molecular complexity index is 445. The molecule has 0 radical (unpaired) electrons. The van der Waals surface area contributed by atoms with E-state index in [0.29, 0.717) is 6.04 Å². The van der Waals surface area contributed by atoms with Crippen molar-refractivity contribution in [2.45, 2.75) is 39.7 Å². The minimum atomic E-state index is 0.520. The molecule has 0 aliphatic carbocycles. The van der Waals surface area contributed by atoms with Gasteiger partial charge < -0.3 is 4.74 Å². The summed E-state index contributed by atoms with van der Waals surface area (Å²) >= 11 is 3.55. The highest BCUT2D eigenvalue weighted by atomic mass is 79.9. The number of hydrogen-bond acceptors (Lipinski definition) is 2. The molecular formula is C17H26BrNO. The summed E-state index contributed by atoms with van der Waals surface area (Å²) in [6.07, 6.45) is 2.24. The number of alkyl halides is 1. The number of rotatable bonds is 4. The predicted octanol–water partition coefficient (Wildman–Crippen LogP) is 4.94. The van der Waals surface area contributed by atoms with Gasteiger partial charge in [-0.1, -0.05) is 42.4 Å². The smallest absolute Gasteiger partial charge is 0.127 e. The molecule has 112 valence electrons. The average molecular weight is 340 g/mol. The fourth-order valence-corrected chi connectivity index (χ4v) is 2.99. The zero-order chi connectivity index (χ0) is 15.1. The zero-order valence-electron chi connectivity index (χ0n) is 13.1. The van der Waals surface area contributed by atoms with Crippen molar-refractivity contribution in [2.24, 2.45) is 0 Å². The molecule has 0 N–H and O–H groups in total. The molecule has 0 fully saturated rings. The molecule has 0 amide bonds. The van der Waals surface area contributed by atoms with Gasteiger partial charge in [0.1, 0.15) is 5.75 Å². The van der Waals surface area contributed by atoms with Gasteiger partial charge in [-0.15, -0.1) is 0 Å². The second-order valence-electron chi connectivity index (χ2n) is 4.89. The SMILES string of the molecule is C=C(C)Oc1ccc2c(c1)CCN(C)C2CCBr.CC. The molecule has 3 heteroatoms. The van der Waals surface area contributed by atoms with Crippen molar-refractivity contribution < 1.29 is 4.74 Å². The molecule has 0 bridgehead atoms. The quantitative estimate of drug-likeness (QED) is 0.569. The molecule has 2 rings (SSSR count). The van der Waals surface area contributed by atoms with Crippen LogP contribution in [-0.2, 0) is 6.42 Å². The van der Waals surface area contributed by atoms with Crippen LogP contribution in [0.1, 0.15) is 44.4 Å². The van der Waals surface area contributed by atoms with Gasteiger partial charge in [0.05, 0.1) is 5.76 Å². The predicted molar refractivity (Wildman–Crippen MR) is 90.7 cm³/mol. The second-order valence-corrected chi connectivity index (χ2v) is 5.68. The Kier molecular flexibility index (Phi) is 7.31. The second kappa shape index (κ2) is 8.48. The van der Waals surface area contributed by atoms with Gasteiger partial charge in [0, 0.05) is 17.9 Å². The maximum atomic E-state index is 5.59. The van der Waals surface area contributed by atoms with Crippen LogP contribution in [0.2, 0.25) is 0 Å². The maximum Gasteiger partial charge on any atom is 0.127 e. The van der Waals surface area contributed by atoms with Gasteiger partial charge in [-0.25, -0.2) is 0 Å². The molecule has 0 saturated carbocycles. The molecule has 0 aromatic heterocycles. The highest BCUT2D eigenvalue weighted by molar-refractivity contribution is 9.09. The van der Waals surface area contributed by atoms with Gasteiger partial charge in [0.25, 0.3) is 0 Å². The molecule has 1 unspecified atom stereocenters. The highest BCUT2D eigenvalue weighted by Crippen LogP contribution is 2.33. The number of halogens is 1. The fourth-order valence-electron chi connectivity index (χ4n) is 2.56. The molecule has 1 aliphatic rings. The lowest BCUT2D eigenvalue weighted by atomic mass is 9.91. The van der Waals surface area contributed by atoms with Crippen molar-refractivity contribution in [2.75, 3.05) is 18.9 Å². The van der Waals surface area contributed by atoms with Crippen LogP contribution in [0.3, 0.4) is 0 Å². The molecule has 0 saturated heterocycles. The molecule has 2 nitrogen and oxygen atoms in total. The Labute approximate surface area is 131 Å². The number of ether oxygens (including phenoxy) is 1. The molecule has 1 aromatic rings. The van der Waals surface area contributed by atoms with E-state index in [1.165, 1.54) is 11.1 Å². The lowest BCUT2D eigenvalue weighted by Gasteiger charge is -2.34. The third-order valence-electron chi connectivity index (χ3n) is 3.41. The van der Waals surface area contributed by atoms with Crippen molar-refractivity contribution in [1.29, 1.82) is 0 Å². The Morgan fingerprint density at radius 2 is 2.15 bits per heavy atom. The van der Waals surface area contributed by atoms with Crippen LogP contribution in [0.25, 0.3) is 0 Å². The summed E-state index contributed by atoms with van der Waals surface area (Å²) in [6.45, 7) is 10.8. The van der Waals surface area contributed by atoms with E-state index in [9.17, 15) is 0 Å². The molecule has 20 heavy (non-hydrogen) atoms. The van der Waals surface area contributed by atoms with Gasteiger partial charge >= 0.3 is 0 Å². The van der Waals surface area contributed by atoms with E-state index in [-0.39, 0.29) is 0 Å². The van der Waals surface area contributed by atoms with E-state index in [4.69, 9.17) is 4.74 Å². The molecule has 1 aromatic carbocycles. The van der Waals surface area contributed by atoms with Crippen LogP contribution in [-0.4, -0.2) is 23.8 Å². The fraction of sp³-hybridized carbons (Fsp3) is 0.529. The molecule has 1 heterocycles. The van der Waals surface area contributed by atoms with Gasteiger partial charge in [-0.3, -0.25) is 4.90 Å². The first kappa shape index (κ1) is 17.3. The largest absolute Gasteiger partial charge is 0.463 e. The van der Waals surface area contributed by atoms with Crippen molar-refractivity contribution in [3.05, 3.63) is 41.7 Å². The van der Waals surface area contributed by atoms with Crippen LogP contribution in [0, 0.1) is 0 Å². The monoisotopic (exact) mass is 339 g/mol. The Balaban J connectivity index is 0.000000956. The van der Waals surface area contributed by atoms with Crippen LogP contribution in [0.4, 0.5) is 0 Å². The van der Waals surface area contributed by atoms with Crippen molar-refractivity contribution in [3.8, 4) is 5.75 Å². The minimum Gasteiger partial charge on any atom is -0.463 e. The first-order valence-electron chi connectivity index (χ1n) is 7.34. The standard InChI is InChI=1S/C15H20BrNO.C2H6/c1-11(2)18-13-4-5-14-12(10-13)7-9-17(3)15(14)6-8-16;1-2/h4-5,10,15H,1,6-9H2,2-3H3;1-2H3. The summed E-state index contributed by atoms with van der Waals surface area (Å²) < 4.78 is 5.59. The Morgan fingerprint density at radius 1 is 1.45 bits per heavy atom. The van der Waals surface area contributed by atoms with Crippen LogP contribution in [0.15, 0.2) is 30.5 Å². The Morgan fingerprint density at radius 3 is 2.75 bits per heavy atom. The molecule has 1 atom stereocenters. The lowest BCUT2D eigenvalue weighted by Crippen LogP contribution is -2.32. The van der Waals surface area contributed by atoms with Crippen molar-refractivity contribution in [1.82, 2.24) is 4.90 Å². The molecule has 0 spiro atoms. The number of fused-ring (bicyclic) bond motifs is 1. The Hall–Kier alpha value is -0.800. The van der Waals surface area contributed by atoms with Crippen molar-refractivity contribution in [3.63, 3.8) is 0 Å². The van der Waals surface area contributed by atoms with E-state index in [1.54, 1.807) is 0 Å². The first-order chi connectivity index (χ1) is 9.61. The third-order valence-corrected chi connectivity index (χ3v) is 3.87. The summed E-state index contributed by atoms with van der Waals surface area (Å²) in [6, 6.07) is 6.94. The third kappa shape index (κ3) is 4.35. The number of allylic oxidation sites excluding steroid dienone is 1. The topological polar surface area (TPSA) is 12.5 Å². The van der Waals surface area contributed by atoms with Crippen LogP contribution >= 0.6 is 15.9 Å². The number of likely N-dealkylation sites (N-methyl/N-ethyl adjacent to an activating group) is 1. The van der Waals surface area contributed by atoms with Crippen molar-refractivity contribution >= 4 is 15.9 Å². The number of benzene rings is 1. The summed E-state index contributed by atoms with van der Waals surface area (Å²) in [5.41, 5.74) is 2.86.